The summed E-state index contributed by atoms with van der Waals surface area (Å²) >= 11 is 1.72. The van der Waals surface area contributed by atoms with Crippen LogP contribution in [0.3, 0.4) is 0 Å². The summed E-state index contributed by atoms with van der Waals surface area (Å²) in [6, 6.07) is 3.75. The lowest BCUT2D eigenvalue weighted by atomic mass is 9.84. The molecule has 1 saturated heterocycles. The summed E-state index contributed by atoms with van der Waals surface area (Å²) in [5, 5.41) is 2.69. The van der Waals surface area contributed by atoms with Crippen LogP contribution in [0.15, 0.2) is 12.1 Å². The minimum Gasteiger partial charge on any atom is -0.345 e. The third kappa shape index (κ3) is 3.03. The zero-order valence-electron chi connectivity index (χ0n) is 12.5. The van der Waals surface area contributed by atoms with Gasteiger partial charge < -0.3 is 10.2 Å². The third-order valence-electron chi connectivity index (χ3n) is 3.51. The number of carbonyl (C=O) groups excluding carboxylic acids is 2. The lowest BCUT2D eigenvalue weighted by Crippen LogP contribution is -2.62. The molecular weight excluding hydrogens is 272 g/mol. The molecule has 1 fully saturated rings. The Morgan fingerprint density at radius 2 is 1.95 bits per heavy atom. The molecule has 0 radical (unpaired) electrons. The quantitative estimate of drug-likeness (QED) is 0.929. The van der Waals surface area contributed by atoms with Gasteiger partial charge >= 0.3 is 0 Å². The second kappa shape index (κ2) is 5.56. The Morgan fingerprint density at radius 1 is 1.30 bits per heavy atom. The van der Waals surface area contributed by atoms with Crippen LogP contribution in [0, 0.1) is 5.41 Å². The highest BCUT2D eigenvalue weighted by atomic mass is 32.1. The summed E-state index contributed by atoms with van der Waals surface area (Å²) in [7, 11) is 0. The van der Waals surface area contributed by atoms with Gasteiger partial charge in [-0.1, -0.05) is 27.7 Å². The molecule has 0 bridgehead atoms. The van der Waals surface area contributed by atoms with E-state index in [-0.39, 0.29) is 23.8 Å². The SMILES string of the molecule is CCc1ccc(CN2C(=O)CNC(=O)C2C(C)(C)C)s1. The van der Waals surface area contributed by atoms with Gasteiger partial charge in [-0.05, 0) is 24.0 Å². The van der Waals surface area contributed by atoms with Crippen LogP contribution >= 0.6 is 11.3 Å². The molecule has 1 aromatic heterocycles. The number of aryl methyl sites for hydroxylation is 1. The van der Waals surface area contributed by atoms with E-state index >= 15 is 0 Å². The van der Waals surface area contributed by atoms with Crippen LogP contribution in [-0.2, 0) is 22.6 Å². The van der Waals surface area contributed by atoms with Crippen LogP contribution in [0.1, 0.15) is 37.4 Å². The zero-order valence-corrected chi connectivity index (χ0v) is 13.3. The van der Waals surface area contributed by atoms with Gasteiger partial charge in [-0.25, -0.2) is 0 Å². The Bertz CT molecular complexity index is 516. The number of piperazine rings is 1. The molecule has 0 saturated carbocycles. The molecule has 2 heterocycles. The Hall–Kier alpha value is -1.36. The lowest BCUT2D eigenvalue weighted by Gasteiger charge is -2.41. The summed E-state index contributed by atoms with van der Waals surface area (Å²) in [5.74, 6) is -0.0552. The van der Waals surface area contributed by atoms with Crippen molar-refractivity contribution >= 4 is 23.2 Å². The lowest BCUT2D eigenvalue weighted by molar-refractivity contribution is -0.150. The fraction of sp³-hybridized carbons (Fsp3) is 0.600. The molecule has 1 aromatic rings. The molecule has 1 N–H and O–H groups in total. The standard InChI is InChI=1S/C15H22N2O2S/c1-5-10-6-7-11(20-10)9-17-12(18)8-16-14(19)13(17)15(2,3)4/h6-7,13H,5,8-9H2,1-4H3,(H,16,19). The Labute approximate surface area is 124 Å². The van der Waals surface area contributed by atoms with Crippen molar-refractivity contribution in [1.29, 1.82) is 0 Å². The van der Waals surface area contributed by atoms with Gasteiger partial charge in [-0.15, -0.1) is 11.3 Å². The van der Waals surface area contributed by atoms with E-state index < -0.39 is 6.04 Å². The van der Waals surface area contributed by atoms with Crippen molar-refractivity contribution in [2.75, 3.05) is 6.54 Å². The molecule has 1 unspecified atom stereocenters. The fourth-order valence-corrected chi connectivity index (χ4v) is 3.51. The highest BCUT2D eigenvalue weighted by Gasteiger charge is 2.42. The molecule has 20 heavy (non-hydrogen) atoms. The van der Waals surface area contributed by atoms with Crippen molar-refractivity contribution in [2.45, 2.75) is 46.7 Å². The van der Waals surface area contributed by atoms with Crippen LogP contribution < -0.4 is 5.32 Å². The first-order valence-electron chi connectivity index (χ1n) is 6.97. The predicted octanol–water partition coefficient (Wildman–Crippen LogP) is 2.18. The number of nitrogens with one attached hydrogen (secondary N) is 1. The predicted molar refractivity (Wildman–Crippen MR) is 80.5 cm³/mol. The van der Waals surface area contributed by atoms with Gasteiger partial charge in [-0.3, -0.25) is 9.59 Å². The molecule has 110 valence electrons. The van der Waals surface area contributed by atoms with E-state index in [1.165, 1.54) is 4.88 Å². The van der Waals surface area contributed by atoms with Gasteiger partial charge in [0.05, 0.1) is 13.1 Å². The van der Waals surface area contributed by atoms with E-state index in [4.69, 9.17) is 0 Å². The van der Waals surface area contributed by atoms with Crippen LogP contribution in [0.25, 0.3) is 0 Å². The highest BCUT2D eigenvalue weighted by molar-refractivity contribution is 7.11. The summed E-state index contributed by atoms with van der Waals surface area (Å²) < 4.78 is 0. The average molecular weight is 294 g/mol. The molecule has 4 nitrogen and oxygen atoms in total. The van der Waals surface area contributed by atoms with Crippen LogP contribution in [0.2, 0.25) is 0 Å². The Kier molecular flexibility index (Phi) is 4.18. The molecule has 1 atom stereocenters. The number of carbonyl (C=O) groups is 2. The second-order valence-electron chi connectivity index (χ2n) is 6.23. The van der Waals surface area contributed by atoms with Crippen LogP contribution in [-0.4, -0.2) is 29.3 Å². The first-order chi connectivity index (χ1) is 9.32. The largest absolute Gasteiger partial charge is 0.345 e. The van der Waals surface area contributed by atoms with Crippen molar-refractivity contribution in [1.82, 2.24) is 10.2 Å². The van der Waals surface area contributed by atoms with E-state index in [0.717, 1.165) is 11.3 Å². The third-order valence-corrected chi connectivity index (χ3v) is 4.72. The zero-order chi connectivity index (χ0) is 14.9. The number of thiophene rings is 1. The molecule has 1 aliphatic heterocycles. The van der Waals surface area contributed by atoms with Gasteiger partial charge in [0.2, 0.25) is 11.8 Å². The topological polar surface area (TPSA) is 49.4 Å². The molecule has 2 rings (SSSR count). The minimum absolute atomic E-state index is 0.00373. The molecule has 2 amide bonds. The normalized spacial score (nSPS) is 20.2. The van der Waals surface area contributed by atoms with Gasteiger partial charge in [0.25, 0.3) is 0 Å². The molecule has 0 aliphatic carbocycles. The Balaban J connectivity index is 2.24. The number of hydrogen-bond donors (Lipinski definition) is 1. The maximum atomic E-state index is 12.2. The summed E-state index contributed by atoms with van der Waals surface area (Å²) in [5.41, 5.74) is -0.273. The van der Waals surface area contributed by atoms with Crippen LogP contribution in [0.5, 0.6) is 0 Å². The Morgan fingerprint density at radius 3 is 2.50 bits per heavy atom. The second-order valence-corrected chi connectivity index (χ2v) is 7.48. The van der Waals surface area contributed by atoms with E-state index in [2.05, 4.69) is 24.4 Å². The van der Waals surface area contributed by atoms with Crippen LogP contribution in [0.4, 0.5) is 0 Å². The van der Waals surface area contributed by atoms with Gasteiger partial charge in [-0.2, -0.15) is 0 Å². The molecule has 5 heteroatoms. The van der Waals surface area contributed by atoms with E-state index in [9.17, 15) is 9.59 Å². The number of rotatable bonds is 3. The monoisotopic (exact) mass is 294 g/mol. The van der Waals surface area contributed by atoms with Crippen molar-refractivity contribution in [2.24, 2.45) is 5.41 Å². The van der Waals surface area contributed by atoms with Crippen molar-refractivity contribution in [3.05, 3.63) is 21.9 Å². The summed E-state index contributed by atoms with van der Waals surface area (Å²) in [6.07, 6.45) is 1.00. The number of hydrogen-bond acceptors (Lipinski definition) is 3. The fourth-order valence-electron chi connectivity index (χ4n) is 2.55. The molecular formula is C15H22N2O2S. The number of nitrogens with zero attached hydrogens (tertiary/aromatic N) is 1. The van der Waals surface area contributed by atoms with Gasteiger partial charge in [0.15, 0.2) is 0 Å². The van der Waals surface area contributed by atoms with Crippen molar-refractivity contribution in [3.63, 3.8) is 0 Å². The smallest absolute Gasteiger partial charge is 0.243 e. The molecule has 1 aliphatic rings. The maximum absolute atomic E-state index is 12.2. The molecule has 0 aromatic carbocycles. The first-order valence-corrected chi connectivity index (χ1v) is 7.79. The molecule has 0 spiro atoms. The minimum atomic E-state index is -0.407. The van der Waals surface area contributed by atoms with E-state index in [1.807, 2.05) is 20.8 Å². The van der Waals surface area contributed by atoms with Crippen molar-refractivity contribution < 1.29 is 9.59 Å². The van der Waals surface area contributed by atoms with E-state index in [1.54, 1.807) is 16.2 Å². The van der Waals surface area contributed by atoms with Gasteiger partial charge in [0.1, 0.15) is 6.04 Å². The average Bonchev–Trinajstić information content (AvgIpc) is 2.80. The summed E-state index contributed by atoms with van der Waals surface area (Å²) in [6.45, 7) is 8.74. The van der Waals surface area contributed by atoms with Crippen molar-refractivity contribution in [3.8, 4) is 0 Å². The first kappa shape index (κ1) is 15.0. The van der Waals surface area contributed by atoms with E-state index in [0.29, 0.717) is 6.54 Å². The highest BCUT2D eigenvalue weighted by Crippen LogP contribution is 2.29. The number of amides is 2. The summed E-state index contributed by atoms with van der Waals surface area (Å²) in [4.78, 5) is 28.5. The maximum Gasteiger partial charge on any atom is 0.243 e. The van der Waals surface area contributed by atoms with Gasteiger partial charge in [0, 0.05) is 9.75 Å².